The molecule has 1 aromatic carbocycles. The fourth-order valence-corrected chi connectivity index (χ4v) is 5.09. The fraction of sp³-hybridized carbons (Fsp3) is 0.600. The summed E-state index contributed by atoms with van der Waals surface area (Å²) in [5.41, 5.74) is 2.34. The van der Waals surface area contributed by atoms with E-state index >= 15 is 0 Å². The minimum absolute atomic E-state index is 0.0843. The molecule has 168 valence electrons. The zero-order valence-corrected chi connectivity index (χ0v) is 18.8. The predicted molar refractivity (Wildman–Crippen MR) is 120 cm³/mol. The fourth-order valence-electron chi connectivity index (χ4n) is 5.09. The van der Waals surface area contributed by atoms with Gasteiger partial charge in [0.05, 0.1) is 31.5 Å². The summed E-state index contributed by atoms with van der Waals surface area (Å²) < 4.78 is 12.5. The Balaban J connectivity index is 1.29. The molecule has 4 rings (SSSR count). The number of amides is 1. The van der Waals surface area contributed by atoms with E-state index in [2.05, 4.69) is 35.4 Å². The Morgan fingerprint density at radius 1 is 1.16 bits per heavy atom. The van der Waals surface area contributed by atoms with Gasteiger partial charge in [-0.25, -0.2) is 0 Å². The third-order valence-corrected chi connectivity index (χ3v) is 7.16. The molecule has 2 aromatic rings. The first kappa shape index (κ1) is 22.0. The Morgan fingerprint density at radius 2 is 1.94 bits per heavy atom. The first-order chi connectivity index (χ1) is 15.1. The van der Waals surface area contributed by atoms with E-state index in [1.54, 1.807) is 25.1 Å². The highest BCUT2D eigenvalue weighted by molar-refractivity contribution is 5.93. The number of carbonyl (C=O) groups is 1. The average molecular weight is 426 g/mol. The summed E-state index contributed by atoms with van der Waals surface area (Å²) in [6, 6.07) is 10.9. The van der Waals surface area contributed by atoms with E-state index in [0.717, 1.165) is 44.4 Å². The molecule has 1 saturated carbocycles. The van der Waals surface area contributed by atoms with Crippen molar-refractivity contribution in [1.82, 2.24) is 14.7 Å². The Morgan fingerprint density at radius 3 is 2.65 bits per heavy atom. The number of methoxy groups -OCH3 is 2. The lowest BCUT2D eigenvalue weighted by molar-refractivity contribution is 0.0133. The van der Waals surface area contributed by atoms with Crippen LogP contribution in [0.2, 0.25) is 0 Å². The van der Waals surface area contributed by atoms with Gasteiger partial charge in [-0.1, -0.05) is 30.3 Å². The monoisotopic (exact) mass is 425 g/mol. The van der Waals surface area contributed by atoms with Crippen LogP contribution in [-0.2, 0) is 16.0 Å². The van der Waals surface area contributed by atoms with E-state index in [1.165, 1.54) is 24.8 Å². The van der Waals surface area contributed by atoms with Gasteiger partial charge in [0.25, 0.3) is 5.91 Å². The highest BCUT2D eigenvalue weighted by atomic mass is 16.5. The molecular formula is C25H35N3O3. The zero-order valence-electron chi connectivity index (χ0n) is 18.8. The number of aromatic nitrogens is 2. The smallest absolute Gasteiger partial charge is 0.257 e. The average Bonchev–Trinajstić information content (AvgIpc) is 3.44. The van der Waals surface area contributed by atoms with Gasteiger partial charge in [-0.15, -0.1) is 0 Å². The number of carbonyl (C=O) groups excluding carboxylic acids is 1. The van der Waals surface area contributed by atoms with Crippen molar-refractivity contribution in [3.05, 3.63) is 53.9 Å². The van der Waals surface area contributed by atoms with Crippen molar-refractivity contribution >= 4 is 5.91 Å². The van der Waals surface area contributed by atoms with Crippen molar-refractivity contribution in [2.24, 2.45) is 11.3 Å². The van der Waals surface area contributed by atoms with Gasteiger partial charge in [0.15, 0.2) is 0 Å². The summed E-state index contributed by atoms with van der Waals surface area (Å²) in [7, 11) is 3.47. The Hall–Kier alpha value is -2.18. The lowest BCUT2D eigenvalue weighted by Crippen LogP contribution is -2.45. The molecule has 2 aliphatic rings. The molecule has 1 aromatic heterocycles. The normalized spacial score (nSPS) is 22.5. The van der Waals surface area contributed by atoms with Gasteiger partial charge < -0.3 is 14.4 Å². The number of nitrogens with zero attached hydrogens (tertiary/aromatic N) is 3. The van der Waals surface area contributed by atoms with Gasteiger partial charge in [-0.05, 0) is 54.9 Å². The molecule has 6 nitrogen and oxygen atoms in total. The van der Waals surface area contributed by atoms with Crippen molar-refractivity contribution in [3.8, 4) is 0 Å². The van der Waals surface area contributed by atoms with Crippen LogP contribution in [0.15, 0.2) is 42.7 Å². The van der Waals surface area contributed by atoms with Crippen LogP contribution in [0.3, 0.4) is 0 Å². The lowest BCUT2D eigenvalue weighted by atomic mass is 9.74. The first-order valence-corrected chi connectivity index (χ1v) is 11.5. The van der Waals surface area contributed by atoms with Crippen molar-refractivity contribution in [3.63, 3.8) is 0 Å². The number of likely N-dealkylation sites (tertiary alicyclic amines) is 1. The highest BCUT2D eigenvalue weighted by Crippen LogP contribution is 2.52. The molecule has 2 atom stereocenters. The van der Waals surface area contributed by atoms with Crippen molar-refractivity contribution < 1.29 is 14.3 Å². The van der Waals surface area contributed by atoms with Crippen molar-refractivity contribution in [2.45, 2.75) is 44.6 Å². The summed E-state index contributed by atoms with van der Waals surface area (Å²) in [5, 5.41) is 4.28. The van der Waals surface area contributed by atoms with Gasteiger partial charge in [0.2, 0.25) is 0 Å². The molecule has 31 heavy (non-hydrogen) atoms. The molecule has 6 heteroatoms. The Bertz CT molecular complexity index is 843. The zero-order chi connectivity index (χ0) is 21.7. The quantitative estimate of drug-likeness (QED) is 0.578. The maximum absolute atomic E-state index is 12.9. The van der Waals surface area contributed by atoms with E-state index in [1.807, 2.05) is 11.1 Å². The van der Waals surface area contributed by atoms with Crippen LogP contribution < -0.4 is 0 Å². The van der Waals surface area contributed by atoms with E-state index in [-0.39, 0.29) is 11.3 Å². The second-order valence-electron chi connectivity index (χ2n) is 9.26. The molecule has 1 aliphatic carbocycles. The van der Waals surface area contributed by atoms with Crippen LogP contribution in [0.25, 0.3) is 0 Å². The SMILES string of the molecule is COCCn1cc(C(=O)N2CCC(CC[C@@H]3CC3c3ccccc3)(COC)CC2)cn1. The van der Waals surface area contributed by atoms with Crippen LogP contribution in [-0.4, -0.2) is 61.1 Å². The molecule has 2 fully saturated rings. The van der Waals surface area contributed by atoms with Gasteiger partial charge in [-0.3, -0.25) is 9.48 Å². The topological polar surface area (TPSA) is 56.6 Å². The Labute approximate surface area is 185 Å². The summed E-state index contributed by atoms with van der Waals surface area (Å²) in [6.45, 7) is 3.61. The van der Waals surface area contributed by atoms with Gasteiger partial charge in [0.1, 0.15) is 0 Å². The van der Waals surface area contributed by atoms with Crippen LogP contribution in [0.4, 0.5) is 0 Å². The predicted octanol–water partition coefficient (Wildman–Crippen LogP) is 3.98. The minimum Gasteiger partial charge on any atom is -0.384 e. The third kappa shape index (κ3) is 5.36. The molecule has 0 spiro atoms. The van der Waals surface area contributed by atoms with E-state index in [4.69, 9.17) is 9.47 Å². The van der Waals surface area contributed by atoms with Crippen molar-refractivity contribution in [2.75, 3.05) is 40.5 Å². The molecule has 1 aliphatic heterocycles. The standard InChI is InChI=1S/C25H35N3O3/c1-30-15-14-28-18-22(17-26-28)24(29)27-12-10-25(11-13-27,19-31-2)9-8-21-16-23(21)20-6-4-3-5-7-20/h3-7,17-18,21,23H,8-16,19H2,1-2H3/t21-,23?/m1/s1. The summed E-state index contributed by atoms with van der Waals surface area (Å²) in [5.74, 6) is 1.62. The Kier molecular flexibility index (Phi) is 7.08. The van der Waals surface area contributed by atoms with Gasteiger partial charge in [-0.2, -0.15) is 5.10 Å². The molecule has 0 radical (unpaired) electrons. The molecule has 0 N–H and O–H groups in total. The molecule has 2 heterocycles. The summed E-state index contributed by atoms with van der Waals surface area (Å²) >= 11 is 0. The highest BCUT2D eigenvalue weighted by Gasteiger charge is 2.42. The number of hydrogen-bond acceptors (Lipinski definition) is 4. The molecule has 1 unspecified atom stereocenters. The molecular weight excluding hydrogens is 390 g/mol. The third-order valence-electron chi connectivity index (χ3n) is 7.16. The summed E-state index contributed by atoms with van der Waals surface area (Å²) in [6.07, 6.45) is 9.26. The molecule has 1 saturated heterocycles. The number of piperidine rings is 1. The second kappa shape index (κ2) is 9.96. The maximum Gasteiger partial charge on any atom is 0.257 e. The number of hydrogen-bond donors (Lipinski definition) is 0. The van der Waals surface area contributed by atoms with Gasteiger partial charge >= 0.3 is 0 Å². The number of ether oxygens (including phenoxy) is 2. The largest absolute Gasteiger partial charge is 0.384 e. The maximum atomic E-state index is 12.9. The second-order valence-corrected chi connectivity index (χ2v) is 9.26. The number of rotatable bonds is 10. The van der Waals surface area contributed by atoms with Gasteiger partial charge in [0, 0.05) is 33.5 Å². The van der Waals surface area contributed by atoms with Crippen LogP contribution in [0.1, 0.15) is 53.9 Å². The van der Waals surface area contributed by atoms with Crippen LogP contribution >= 0.6 is 0 Å². The lowest BCUT2D eigenvalue weighted by Gasteiger charge is -2.41. The summed E-state index contributed by atoms with van der Waals surface area (Å²) in [4.78, 5) is 14.9. The van der Waals surface area contributed by atoms with E-state index in [9.17, 15) is 4.79 Å². The molecule has 0 bridgehead atoms. The van der Waals surface area contributed by atoms with Crippen molar-refractivity contribution in [1.29, 1.82) is 0 Å². The van der Waals surface area contributed by atoms with Crippen LogP contribution in [0.5, 0.6) is 0 Å². The van der Waals surface area contributed by atoms with Crippen LogP contribution in [0, 0.1) is 11.3 Å². The first-order valence-electron chi connectivity index (χ1n) is 11.5. The number of benzene rings is 1. The molecule has 1 amide bonds. The van der Waals surface area contributed by atoms with E-state index < -0.39 is 0 Å². The minimum atomic E-state index is 0.0843. The van der Waals surface area contributed by atoms with E-state index in [0.29, 0.717) is 18.7 Å².